The molecule has 1 aromatic carbocycles. The second-order valence-corrected chi connectivity index (χ2v) is 5.34. The predicted molar refractivity (Wildman–Crippen MR) is 81.2 cm³/mol. The third kappa shape index (κ3) is 2.23. The van der Waals surface area contributed by atoms with Crippen LogP contribution in [-0.4, -0.2) is 9.97 Å². The minimum absolute atomic E-state index is 0.229. The molecule has 0 atom stereocenters. The number of anilines is 2. The first-order valence-corrected chi connectivity index (χ1v) is 7.08. The van der Waals surface area contributed by atoms with E-state index in [1.165, 1.54) is 0 Å². The van der Waals surface area contributed by atoms with Gasteiger partial charge in [-0.2, -0.15) is 0 Å². The van der Waals surface area contributed by atoms with Crippen molar-refractivity contribution in [2.24, 2.45) is 0 Å². The molecule has 1 N–H and O–H groups in total. The van der Waals surface area contributed by atoms with Gasteiger partial charge in [-0.15, -0.1) is 0 Å². The lowest BCUT2D eigenvalue weighted by molar-refractivity contribution is 0.607. The van der Waals surface area contributed by atoms with Gasteiger partial charge in [-0.1, -0.05) is 18.2 Å². The molecule has 1 saturated carbocycles. The number of nitrogens with one attached hydrogen (secondary N) is 1. The van der Waals surface area contributed by atoms with E-state index in [2.05, 4.69) is 15.3 Å². The number of halogens is 1. The highest BCUT2D eigenvalue weighted by atomic mass is 19.1. The van der Waals surface area contributed by atoms with E-state index in [0.29, 0.717) is 11.4 Å². The summed E-state index contributed by atoms with van der Waals surface area (Å²) in [5.41, 5.74) is 2.75. The van der Waals surface area contributed by atoms with Crippen LogP contribution in [0.3, 0.4) is 0 Å². The Morgan fingerprint density at radius 2 is 1.81 bits per heavy atom. The molecule has 1 fully saturated rings. The van der Waals surface area contributed by atoms with Gasteiger partial charge in [-0.3, -0.25) is 4.98 Å². The molecule has 0 unspecified atom stereocenters. The van der Waals surface area contributed by atoms with Crippen LogP contribution in [-0.2, 0) is 0 Å². The topological polar surface area (TPSA) is 37.8 Å². The summed E-state index contributed by atoms with van der Waals surface area (Å²) in [5, 5.41) is 3.99. The molecule has 0 bridgehead atoms. The molecule has 0 saturated heterocycles. The second-order valence-electron chi connectivity index (χ2n) is 5.34. The first kappa shape index (κ1) is 12.3. The zero-order chi connectivity index (χ0) is 14.2. The molecule has 3 nitrogen and oxygen atoms in total. The maximum Gasteiger partial charge on any atom is 0.169 e. The van der Waals surface area contributed by atoms with Crippen molar-refractivity contribution >= 4 is 22.3 Å². The van der Waals surface area contributed by atoms with E-state index in [-0.39, 0.29) is 11.7 Å². The highest BCUT2D eigenvalue weighted by Crippen LogP contribution is 2.43. The van der Waals surface area contributed by atoms with Crippen LogP contribution in [0.4, 0.5) is 15.8 Å². The number of benzene rings is 1. The van der Waals surface area contributed by atoms with E-state index < -0.39 is 0 Å². The summed E-state index contributed by atoms with van der Waals surface area (Å²) in [4.78, 5) is 8.49. The number of fused-ring (bicyclic) bond motifs is 1. The van der Waals surface area contributed by atoms with Crippen LogP contribution < -0.4 is 5.32 Å². The van der Waals surface area contributed by atoms with E-state index in [1.54, 1.807) is 12.4 Å². The van der Waals surface area contributed by atoms with Gasteiger partial charge in [-0.05, 0) is 31.0 Å². The molecular formula is C17H14FN3. The minimum atomic E-state index is -0.229. The molecule has 0 amide bonds. The molecular weight excluding hydrogens is 265 g/mol. The Bertz CT molecular complexity index is 798. The molecule has 21 heavy (non-hydrogen) atoms. The highest BCUT2D eigenvalue weighted by molar-refractivity contribution is 5.93. The summed E-state index contributed by atoms with van der Waals surface area (Å²) in [7, 11) is 0. The summed E-state index contributed by atoms with van der Waals surface area (Å²) < 4.78 is 14.8. The average molecular weight is 279 g/mol. The van der Waals surface area contributed by atoms with Gasteiger partial charge in [0.1, 0.15) is 0 Å². The van der Waals surface area contributed by atoms with Crippen LogP contribution in [0.1, 0.15) is 24.5 Å². The standard InChI is InChI=1S/C17H14FN3/c18-15-16(11-5-6-11)21-14-4-2-1-3-13(14)17(15)20-12-7-9-19-10-8-12/h1-4,7-11H,5-6H2,(H,19,20,21). The molecule has 104 valence electrons. The Morgan fingerprint density at radius 3 is 2.57 bits per heavy atom. The average Bonchev–Trinajstić information content (AvgIpc) is 3.36. The smallest absolute Gasteiger partial charge is 0.169 e. The van der Waals surface area contributed by atoms with Crippen LogP contribution in [0.15, 0.2) is 48.8 Å². The fourth-order valence-corrected chi connectivity index (χ4v) is 2.54. The van der Waals surface area contributed by atoms with E-state index in [4.69, 9.17) is 0 Å². The summed E-state index contributed by atoms with van der Waals surface area (Å²) in [6.45, 7) is 0. The fourth-order valence-electron chi connectivity index (χ4n) is 2.54. The lowest BCUT2D eigenvalue weighted by Gasteiger charge is -2.13. The van der Waals surface area contributed by atoms with Crippen LogP contribution in [0, 0.1) is 5.82 Å². The lowest BCUT2D eigenvalue weighted by atomic mass is 10.1. The number of hydrogen-bond donors (Lipinski definition) is 1. The third-order valence-electron chi connectivity index (χ3n) is 3.77. The van der Waals surface area contributed by atoms with Crippen molar-refractivity contribution in [1.29, 1.82) is 0 Å². The van der Waals surface area contributed by atoms with E-state index in [9.17, 15) is 4.39 Å². The second kappa shape index (κ2) is 4.81. The summed E-state index contributed by atoms with van der Waals surface area (Å²) >= 11 is 0. The largest absolute Gasteiger partial charge is 0.352 e. The number of rotatable bonds is 3. The molecule has 1 aliphatic rings. The number of pyridine rings is 2. The molecule has 2 aromatic heterocycles. The molecule has 0 radical (unpaired) electrons. The third-order valence-corrected chi connectivity index (χ3v) is 3.77. The summed E-state index contributed by atoms with van der Waals surface area (Å²) in [6, 6.07) is 11.3. The van der Waals surface area contributed by atoms with Gasteiger partial charge in [0.25, 0.3) is 0 Å². The summed E-state index contributed by atoms with van der Waals surface area (Å²) in [5.74, 6) is 0.0422. The molecule has 4 rings (SSSR count). The summed E-state index contributed by atoms with van der Waals surface area (Å²) in [6.07, 6.45) is 5.42. The van der Waals surface area contributed by atoms with Crippen molar-refractivity contribution in [1.82, 2.24) is 9.97 Å². The number of nitrogens with zero attached hydrogens (tertiary/aromatic N) is 2. The van der Waals surface area contributed by atoms with Gasteiger partial charge >= 0.3 is 0 Å². The minimum Gasteiger partial charge on any atom is -0.352 e. The first-order chi connectivity index (χ1) is 10.3. The van der Waals surface area contributed by atoms with Crippen molar-refractivity contribution in [3.63, 3.8) is 0 Å². The number of para-hydroxylation sites is 1. The van der Waals surface area contributed by atoms with Crippen molar-refractivity contribution in [2.75, 3.05) is 5.32 Å². The first-order valence-electron chi connectivity index (χ1n) is 7.08. The van der Waals surface area contributed by atoms with Gasteiger partial charge in [-0.25, -0.2) is 9.37 Å². The van der Waals surface area contributed by atoms with Crippen molar-refractivity contribution in [2.45, 2.75) is 18.8 Å². The molecule has 0 spiro atoms. The Labute approximate surface area is 121 Å². The van der Waals surface area contributed by atoms with Crippen LogP contribution >= 0.6 is 0 Å². The van der Waals surface area contributed by atoms with Crippen molar-refractivity contribution < 1.29 is 4.39 Å². The van der Waals surface area contributed by atoms with Crippen LogP contribution in [0.25, 0.3) is 10.9 Å². The lowest BCUT2D eigenvalue weighted by Crippen LogP contribution is -2.02. The van der Waals surface area contributed by atoms with Crippen molar-refractivity contribution in [3.8, 4) is 0 Å². The van der Waals surface area contributed by atoms with Gasteiger partial charge < -0.3 is 5.32 Å². The molecule has 0 aliphatic heterocycles. The maximum atomic E-state index is 14.8. The zero-order valence-electron chi connectivity index (χ0n) is 11.4. The maximum absolute atomic E-state index is 14.8. The monoisotopic (exact) mass is 279 g/mol. The number of aromatic nitrogens is 2. The quantitative estimate of drug-likeness (QED) is 0.772. The van der Waals surface area contributed by atoms with Gasteiger partial charge in [0.2, 0.25) is 0 Å². The normalized spacial score (nSPS) is 14.3. The molecule has 4 heteroatoms. The Balaban J connectivity index is 1.90. The SMILES string of the molecule is Fc1c(C2CC2)nc2ccccc2c1Nc1ccncc1. The predicted octanol–water partition coefficient (Wildman–Crippen LogP) is 4.39. The number of hydrogen-bond acceptors (Lipinski definition) is 3. The fraction of sp³-hybridized carbons (Fsp3) is 0.176. The van der Waals surface area contributed by atoms with E-state index in [0.717, 1.165) is 29.4 Å². The van der Waals surface area contributed by atoms with Crippen molar-refractivity contribution in [3.05, 3.63) is 60.3 Å². The van der Waals surface area contributed by atoms with Crippen LogP contribution in [0.5, 0.6) is 0 Å². The molecule has 3 aromatic rings. The van der Waals surface area contributed by atoms with Gasteiger partial charge in [0.15, 0.2) is 5.82 Å². The Morgan fingerprint density at radius 1 is 1.05 bits per heavy atom. The Hall–Kier alpha value is -2.49. The van der Waals surface area contributed by atoms with Gasteiger partial charge in [0.05, 0.1) is 16.9 Å². The molecule has 2 heterocycles. The Kier molecular flexibility index (Phi) is 2.81. The molecule has 1 aliphatic carbocycles. The van der Waals surface area contributed by atoms with Crippen LogP contribution in [0.2, 0.25) is 0 Å². The van der Waals surface area contributed by atoms with Gasteiger partial charge in [0, 0.05) is 29.4 Å². The van der Waals surface area contributed by atoms with E-state index >= 15 is 0 Å². The van der Waals surface area contributed by atoms with E-state index in [1.807, 2.05) is 36.4 Å². The highest BCUT2D eigenvalue weighted by Gasteiger charge is 2.30. The zero-order valence-corrected chi connectivity index (χ0v) is 11.4.